The van der Waals surface area contributed by atoms with Gasteiger partial charge in [-0.1, -0.05) is 13.0 Å². The molecular formula is C14H19NO2S. The van der Waals surface area contributed by atoms with Crippen LogP contribution < -0.4 is 5.73 Å². The lowest BCUT2D eigenvalue weighted by molar-refractivity contribution is -0.136. The molecular weight excluding hydrogens is 246 g/mol. The molecule has 0 aromatic heterocycles. The minimum absolute atomic E-state index is 0.244. The van der Waals surface area contributed by atoms with Gasteiger partial charge >= 0.3 is 5.97 Å². The van der Waals surface area contributed by atoms with Crippen LogP contribution in [0.4, 0.5) is 5.69 Å². The van der Waals surface area contributed by atoms with E-state index in [1.165, 1.54) is 7.11 Å². The number of ether oxygens (including phenoxy) is 1. The molecule has 0 saturated heterocycles. The Balaban J connectivity index is 2.62. The van der Waals surface area contributed by atoms with Crippen molar-refractivity contribution in [2.45, 2.75) is 25.2 Å². The first-order valence-electron chi connectivity index (χ1n) is 5.84. The van der Waals surface area contributed by atoms with Crippen molar-refractivity contribution in [2.24, 2.45) is 0 Å². The summed E-state index contributed by atoms with van der Waals surface area (Å²) in [6.07, 6.45) is 2.61. The summed E-state index contributed by atoms with van der Waals surface area (Å²) in [5.41, 5.74) is 8.36. The van der Waals surface area contributed by atoms with Gasteiger partial charge < -0.3 is 10.5 Å². The van der Waals surface area contributed by atoms with Crippen molar-refractivity contribution in [3.05, 3.63) is 35.4 Å². The highest BCUT2D eigenvalue weighted by atomic mass is 32.2. The van der Waals surface area contributed by atoms with Crippen LogP contribution in [-0.2, 0) is 9.53 Å². The molecule has 0 atom stereocenters. The summed E-state index contributed by atoms with van der Waals surface area (Å²) in [6.45, 7) is 3.93. The van der Waals surface area contributed by atoms with Crippen molar-refractivity contribution in [3.8, 4) is 0 Å². The SMILES string of the molecule is CCC(=CCSc1ccc(N)c(C)c1)C(=O)OC. The van der Waals surface area contributed by atoms with Crippen LogP contribution in [0.25, 0.3) is 0 Å². The third-order valence-electron chi connectivity index (χ3n) is 2.65. The molecule has 0 amide bonds. The van der Waals surface area contributed by atoms with Gasteiger partial charge in [0.2, 0.25) is 0 Å². The van der Waals surface area contributed by atoms with E-state index < -0.39 is 0 Å². The van der Waals surface area contributed by atoms with Gasteiger partial charge in [-0.25, -0.2) is 4.79 Å². The van der Waals surface area contributed by atoms with E-state index in [0.29, 0.717) is 6.42 Å². The molecule has 2 N–H and O–H groups in total. The smallest absolute Gasteiger partial charge is 0.333 e. The number of methoxy groups -OCH3 is 1. The number of esters is 1. The Hall–Kier alpha value is -1.42. The van der Waals surface area contributed by atoms with Crippen LogP contribution >= 0.6 is 11.8 Å². The summed E-state index contributed by atoms with van der Waals surface area (Å²) < 4.78 is 4.71. The maximum atomic E-state index is 11.4. The Bertz CT molecular complexity index is 455. The van der Waals surface area contributed by atoms with Crippen LogP contribution in [-0.4, -0.2) is 18.8 Å². The lowest BCUT2D eigenvalue weighted by atomic mass is 10.2. The van der Waals surface area contributed by atoms with Gasteiger partial charge in [-0.3, -0.25) is 0 Å². The molecule has 0 aliphatic heterocycles. The number of nitrogens with two attached hydrogens (primary N) is 1. The summed E-state index contributed by atoms with van der Waals surface area (Å²) in [5, 5.41) is 0. The van der Waals surface area contributed by atoms with Crippen molar-refractivity contribution < 1.29 is 9.53 Å². The number of rotatable bonds is 5. The molecule has 98 valence electrons. The second-order valence-corrected chi connectivity index (χ2v) is 5.00. The molecule has 0 saturated carbocycles. The number of carbonyl (C=O) groups excluding carboxylic acids is 1. The second kappa shape index (κ2) is 7.11. The molecule has 0 unspecified atom stereocenters. The number of anilines is 1. The number of carbonyl (C=O) groups is 1. The highest BCUT2D eigenvalue weighted by Crippen LogP contribution is 2.23. The van der Waals surface area contributed by atoms with Gasteiger partial charge in [0.05, 0.1) is 7.11 Å². The van der Waals surface area contributed by atoms with Gasteiger partial charge in [0.15, 0.2) is 0 Å². The molecule has 0 spiro atoms. The van der Waals surface area contributed by atoms with Crippen LogP contribution in [0.15, 0.2) is 34.7 Å². The minimum atomic E-state index is -0.244. The van der Waals surface area contributed by atoms with Crippen molar-refractivity contribution in [2.75, 3.05) is 18.6 Å². The van der Waals surface area contributed by atoms with E-state index in [0.717, 1.165) is 27.5 Å². The molecule has 18 heavy (non-hydrogen) atoms. The second-order valence-electron chi connectivity index (χ2n) is 3.90. The summed E-state index contributed by atoms with van der Waals surface area (Å²) in [7, 11) is 1.41. The number of benzene rings is 1. The van der Waals surface area contributed by atoms with Crippen LogP contribution in [0.5, 0.6) is 0 Å². The summed E-state index contributed by atoms with van der Waals surface area (Å²) >= 11 is 1.68. The van der Waals surface area contributed by atoms with Gasteiger partial charge in [0.1, 0.15) is 0 Å². The Morgan fingerprint density at radius 1 is 1.50 bits per heavy atom. The maximum Gasteiger partial charge on any atom is 0.333 e. The van der Waals surface area contributed by atoms with E-state index >= 15 is 0 Å². The molecule has 0 aliphatic rings. The van der Waals surface area contributed by atoms with Crippen LogP contribution in [0.3, 0.4) is 0 Å². The Labute approximate surface area is 112 Å². The lowest BCUT2D eigenvalue weighted by Gasteiger charge is -2.04. The molecule has 4 heteroatoms. The van der Waals surface area contributed by atoms with Gasteiger partial charge in [0.25, 0.3) is 0 Å². The van der Waals surface area contributed by atoms with E-state index in [1.807, 2.05) is 32.1 Å². The zero-order chi connectivity index (χ0) is 13.5. The highest BCUT2D eigenvalue weighted by molar-refractivity contribution is 7.99. The van der Waals surface area contributed by atoms with Crippen molar-refractivity contribution in [1.29, 1.82) is 0 Å². The Kier molecular flexibility index (Phi) is 5.78. The first kappa shape index (κ1) is 14.6. The Morgan fingerprint density at radius 3 is 2.78 bits per heavy atom. The average Bonchev–Trinajstić information content (AvgIpc) is 2.38. The van der Waals surface area contributed by atoms with Gasteiger partial charge in [0, 0.05) is 21.9 Å². The van der Waals surface area contributed by atoms with Crippen molar-refractivity contribution >= 4 is 23.4 Å². The predicted molar refractivity (Wildman–Crippen MR) is 76.7 cm³/mol. The number of hydrogen-bond acceptors (Lipinski definition) is 4. The monoisotopic (exact) mass is 265 g/mol. The number of hydrogen-bond donors (Lipinski definition) is 1. The molecule has 1 rings (SSSR count). The van der Waals surface area contributed by atoms with Crippen molar-refractivity contribution in [1.82, 2.24) is 0 Å². The summed E-state index contributed by atoms with van der Waals surface area (Å²) in [5.74, 6) is 0.508. The first-order valence-corrected chi connectivity index (χ1v) is 6.83. The number of nitrogen functional groups attached to an aromatic ring is 1. The fraction of sp³-hybridized carbons (Fsp3) is 0.357. The average molecular weight is 265 g/mol. The lowest BCUT2D eigenvalue weighted by Crippen LogP contribution is -2.04. The van der Waals surface area contributed by atoms with E-state index in [4.69, 9.17) is 10.5 Å². The third kappa shape index (κ3) is 4.11. The molecule has 3 nitrogen and oxygen atoms in total. The number of aryl methyl sites for hydroxylation is 1. The van der Waals surface area contributed by atoms with E-state index in [1.54, 1.807) is 11.8 Å². The maximum absolute atomic E-state index is 11.4. The fourth-order valence-electron chi connectivity index (χ4n) is 1.48. The molecule has 0 fully saturated rings. The molecule has 1 aromatic rings. The van der Waals surface area contributed by atoms with Crippen LogP contribution in [0.2, 0.25) is 0 Å². The van der Waals surface area contributed by atoms with E-state index in [9.17, 15) is 4.79 Å². The zero-order valence-corrected chi connectivity index (χ0v) is 11.8. The zero-order valence-electron chi connectivity index (χ0n) is 11.0. The summed E-state index contributed by atoms with van der Waals surface area (Å²) in [6, 6.07) is 5.95. The van der Waals surface area contributed by atoms with Crippen LogP contribution in [0, 0.1) is 6.92 Å². The molecule has 0 radical (unpaired) electrons. The molecule has 0 heterocycles. The van der Waals surface area contributed by atoms with Gasteiger partial charge in [-0.05, 0) is 37.1 Å². The highest BCUT2D eigenvalue weighted by Gasteiger charge is 2.06. The standard InChI is InChI=1S/C14H19NO2S/c1-4-11(14(16)17-3)7-8-18-12-5-6-13(15)10(2)9-12/h5-7,9H,4,8,15H2,1-3H3. The third-order valence-corrected chi connectivity index (χ3v) is 3.57. The first-order chi connectivity index (χ1) is 8.58. The normalized spacial score (nSPS) is 11.4. The van der Waals surface area contributed by atoms with Gasteiger partial charge in [-0.2, -0.15) is 0 Å². The minimum Gasteiger partial charge on any atom is -0.466 e. The van der Waals surface area contributed by atoms with Crippen LogP contribution in [0.1, 0.15) is 18.9 Å². The Morgan fingerprint density at radius 2 is 2.22 bits per heavy atom. The quantitative estimate of drug-likeness (QED) is 0.384. The van der Waals surface area contributed by atoms with E-state index in [2.05, 4.69) is 6.07 Å². The topological polar surface area (TPSA) is 52.3 Å². The van der Waals surface area contributed by atoms with Crippen molar-refractivity contribution in [3.63, 3.8) is 0 Å². The van der Waals surface area contributed by atoms with Gasteiger partial charge in [-0.15, -0.1) is 11.8 Å². The largest absolute Gasteiger partial charge is 0.466 e. The van der Waals surface area contributed by atoms with E-state index in [-0.39, 0.29) is 5.97 Å². The molecule has 0 aliphatic carbocycles. The number of thioether (sulfide) groups is 1. The molecule has 1 aromatic carbocycles. The predicted octanol–water partition coefficient (Wildman–Crippen LogP) is 3.18. The fourth-order valence-corrected chi connectivity index (χ4v) is 2.38. The molecule has 0 bridgehead atoms. The summed E-state index contributed by atoms with van der Waals surface area (Å²) in [4.78, 5) is 12.5.